The Morgan fingerprint density at radius 3 is 2.80 bits per heavy atom. The lowest BCUT2D eigenvalue weighted by Crippen LogP contribution is -2.49. The summed E-state index contributed by atoms with van der Waals surface area (Å²) in [5.74, 6) is 0. The van der Waals surface area contributed by atoms with E-state index in [-0.39, 0.29) is 6.54 Å². The third-order valence-corrected chi connectivity index (χ3v) is 1.25. The van der Waals surface area contributed by atoms with Crippen LogP contribution in [0.15, 0.2) is 0 Å². The van der Waals surface area contributed by atoms with Crippen LogP contribution in [0.2, 0.25) is 0 Å². The molecule has 10 heavy (non-hydrogen) atoms. The van der Waals surface area contributed by atoms with E-state index in [2.05, 4.69) is 5.32 Å². The molecule has 0 radical (unpaired) electrons. The number of nitrogens with one attached hydrogen (secondary N) is 1. The normalized spacial score (nSPS) is 18.4. The van der Waals surface area contributed by atoms with Crippen molar-refractivity contribution in [3.8, 4) is 0 Å². The lowest BCUT2D eigenvalue weighted by atomic mass is 10.4. The summed E-state index contributed by atoms with van der Waals surface area (Å²) in [6.45, 7) is 0.738. The Bertz CT molecular complexity index is 169. The zero-order chi connectivity index (χ0) is 7.56. The standard InChI is InChI=1S/C4H7N3O3/c8-4-5-2-1-3-6(4)7(9)10/h1-3H2,(H,5,8). The van der Waals surface area contributed by atoms with Crippen LogP contribution < -0.4 is 5.32 Å². The molecule has 0 unspecified atom stereocenters. The Balaban J connectivity index is 2.56. The minimum absolute atomic E-state index is 0.207. The molecular weight excluding hydrogens is 138 g/mol. The number of carbonyl (C=O) groups excluding carboxylic acids is 1. The second kappa shape index (κ2) is 2.51. The SMILES string of the molecule is O=C1NCCCN1[N+](=O)[O-]. The van der Waals surface area contributed by atoms with Gasteiger partial charge >= 0.3 is 6.03 Å². The van der Waals surface area contributed by atoms with Crippen LogP contribution in [0.4, 0.5) is 4.79 Å². The highest BCUT2D eigenvalue weighted by Crippen LogP contribution is 1.97. The first-order valence-corrected chi connectivity index (χ1v) is 2.91. The van der Waals surface area contributed by atoms with Crippen molar-refractivity contribution in [2.45, 2.75) is 6.42 Å². The Labute approximate surface area is 56.9 Å². The molecule has 0 aromatic rings. The van der Waals surface area contributed by atoms with E-state index < -0.39 is 11.1 Å². The van der Waals surface area contributed by atoms with Crippen molar-refractivity contribution in [3.05, 3.63) is 10.1 Å². The van der Waals surface area contributed by atoms with E-state index in [0.29, 0.717) is 18.0 Å². The number of nitrogens with zero attached hydrogens (tertiary/aromatic N) is 2. The van der Waals surface area contributed by atoms with E-state index in [1.165, 1.54) is 0 Å². The molecule has 6 heteroatoms. The number of hydrazine groups is 1. The molecule has 0 aromatic heterocycles. The number of rotatable bonds is 1. The molecule has 1 N–H and O–H groups in total. The van der Waals surface area contributed by atoms with E-state index in [0.717, 1.165) is 0 Å². The van der Waals surface area contributed by atoms with E-state index in [1.54, 1.807) is 0 Å². The summed E-state index contributed by atoms with van der Waals surface area (Å²) < 4.78 is 0. The van der Waals surface area contributed by atoms with Crippen molar-refractivity contribution < 1.29 is 9.83 Å². The first-order chi connectivity index (χ1) is 4.72. The fourth-order valence-electron chi connectivity index (χ4n) is 0.773. The monoisotopic (exact) mass is 145 g/mol. The van der Waals surface area contributed by atoms with Crippen LogP contribution in [0.25, 0.3) is 0 Å². The van der Waals surface area contributed by atoms with Crippen molar-refractivity contribution in [1.82, 2.24) is 10.3 Å². The molecule has 0 aromatic carbocycles. The largest absolute Gasteiger partial charge is 0.375 e. The third kappa shape index (κ3) is 1.15. The summed E-state index contributed by atoms with van der Waals surface area (Å²) in [4.78, 5) is 20.6. The maximum absolute atomic E-state index is 10.6. The highest BCUT2D eigenvalue weighted by atomic mass is 16.7. The van der Waals surface area contributed by atoms with Crippen LogP contribution in [-0.2, 0) is 0 Å². The van der Waals surface area contributed by atoms with Crippen LogP contribution in [0.3, 0.4) is 0 Å². The Morgan fingerprint density at radius 2 is 2.40 bits per heavy atom. The van der Waals surface area contributed by atoms with Gasteiger partial charge in [0.15, 0.2) is 5.03 Å². The molecule has 1 saturated heterocycles. The summed E-state index contributed by atoms with van der Waals surface area (Å²) >= 11 is 0. The van der Waals surface area contributed by atoms with Gasteiger partial charge in [-0.25, -0.2) is 14.9 Å². The molecule has 6 nitrogen and oxygen atoms in total. The summed E-state index contributed by atoms with van der Waals surface area (Å²) in [6, 6.07) is -0.615. The third-order valence-electron chi connectivity index (χ3n) is 1.25. The lowest BCUT2D eigenvalue weighted by molar-refractivity contribution is -0.633. The number of urea groups is 1. The van der Waals surface area contributed by atoms with E-state index in [1.807, 2.05) is 0 Å². The molecule has 1 heterocycles. The number of amides is 2. The molecule has 2 amide bonds. The van der Waals surface area contributed by atoms with Gasteiger partial charge < -0.3 is 5.32 Å². The van der Waals surface area contributed by atoms with Gasteiger partial charge in [0.05, 0.1) is 6.54 Å². The minimum Gasteiger partial charge on any atom is -0.334 e. The first kappa shape index (κ1) is 6.79. The van der Waals surface area contributed by atoms with Gasteiger partial charge in [-0.3, -0.25) is 0 Å². The van der Waals surface area contributed by atoms with Gasteiger partial charge in [0, 0.05) is 6.54 Å². The van der Waals surface area contributed by atoms with E-state index in [9.17, 15) is 14.9 Å². The minimum atomic E-state index is -0.700. The molecule has 0 aliphatic carbocycles. The lowest BCUT2D eigenvalue weighted by Gasteiger charge is -2.17. The molecule has 0 bridgehead atoms. The van der Waals surface area contributed by atoms with Crippen LogP contribution in [0.5, 0.6) is 0 Å². The maximum Gasteiger partial charge on any atom is 0.375 e. The summed E-state index contributed by atoms with van der Waals surface area (Å²) in [6.07, 6.45) is 0.632. The number of hydrogen-bond donors (Lipinski definition) is 1. The zero-order valence-electron chi connectivity index (χ0n) is 5.24. The molecular formula is C4H7N3O3. The summed E-state index contributed by atoms with van der Waals surface area (Å²) in [5, 5.41) is 12.3. The van der Waals surface area contributed by atoms with Crippen molar-refractivity contribution in [2.24, 2.45) is 0 Å². The Morgan fingerprint density at radius 1 is 1.70 bits per heavy atom. The van der Waals surface area contributed by atoms with Gasteiger partial charge in [-0.15, -0.1) is 0 Å². The first-order valence-electron chi connectivity index (χ1n) is 2.91. The number of nitro groups is 1. The van der Waals surface area contributed by atoms with Crippen molar-refractivity contribution in [3.63, 3.8) is 0 Å². The van der Waals surface area contributed by atoms with Crippen molar-refractivity contribution in [2.75, 3.05) is 13.1 Å². The Hall–Kier alpha value is -1.33. The van der Waals surface area contributed by atoms with Gasteiger partial charge in [-0.05, 0) is 11.4 Å². The van der Waals surface area contributed by atoms with Gasteiger partial charge in [0.2, 0.25) is 0 Å². The number of hydrogen-bond acceptors (Lipinski definition) is 3. The van der Waals surface area contributed by atoms with Crippen LogP contribution in [-0.4, -0.2) is 29.2 Å². The fraction of sp³-hybridized carbons (Fsp3) is 0.750. The average molecular weight is 145 g/mol. The summed E-state index contributed by atoms with van der Waals surface area (Å²) in [5.41, 5.74) is 0. The molecule has 1 aliphatic rings. The highest BCUT2D eigenvalue weighted by molar-refractivity contribution is 5.73. The van der Waals surface area contributed by atoms with Crippen molar-refractivity contribution in [1.29, 1.82) is 0 Å². The second-order valence-corrected chi connectivity index (χ2v) is 1.95. The molecule has 1 rings (SSSR count). The molecule has 1 aliphatic heterocycles. The van der Waals surface area contributed by atoms with Gasteiger partial charge in [-0.2, -0.15) is 0 Å². The van der Waals surface area contributed by atoms with Gasteiger partial charge in [0.25, 0.3) is 0 Å². The van der Waals surface area contributed by atoms with Gasteiger partial charge in [-0.1, -0.05) is 0 Å². The smallest absolute Gasteiger partial charge is 0.334 e. The number of carbonyl (C=O) groups is 1. The average Bonchev–Trinajstić information content (AvgIpc) is 1.88. The zero-order valence-corrected chi connectivity index (χ0v) is 5.24. The van der Waals surface area contributed by atoms with Crippen LogP contribution in [0, 0.1) is 10.1 Å². The topological polar surface area (TPSA) is 75.5 Å². The summed E-state index contributed by atoms with van der Waals surface area (Å²) in [7, 11) is 0. The fourth-order valence-corrected chi connectivity index (χ4v) is 0.773. The van der Waals surface area contributed by atoms with E-state index >= 15 is 0 Å². The van der Waals surface area contributed by atoms with Crippen molar-refractivity contribution >= 4 is 6.03 Å². The maximum atomic E-state index is 10.6. The molecule has 0 spiro atoms. The van der Waals surface area contributed by atoms with Crippen LogP contribution >= 0.6 is 0 Å². The Kier molecular flexibility index (Phi) is 1.70. The second-order valence-electron chi connectivity index (χ2n) is 1.95. The van der Waals surface area contributed by atoms with Gasteiger partial charge in [0.1, 0.15) is 0 Å². The predicted molar refractivity (Wildman–Crippen MR) is 31.7 cm³/mol. The molecule has 0 atom stereocenters. The van der Waals surface area contributed by atoms with E-state index in [4.69, 9.17) is 0 Å². The quantitative estimate of drug-likeness (QED) is 0.402. The predicted octanol–water partition coefficient (Wildman–Crippen LogP) is -0.407. The van der Waals surface area contributed by atoms with Crippen LogP contribution in [0.1, 0.15) is 6.42 Å². The molecule has 0 saturated carbocycles. The molecule has 56 valence electrons. The molecule has 1 fully saturated rings. The highest BCUT2D eigenvalue weighted by Gasteiger charge is 2.26.